The molecule has 5 nitrogen and oxygen atoms in total. The number of carbonyl (C=O) groups excluding carboxylic acids is 1. The minimum atomic E-state index is -0.234. The molecule has 1 aromatic carbocycles. The molecular formula is C20H29N3O2. The lowest BCUT2D eigenvalue weighted by Crippen LogP contribution is -2.46. The standard InChI is InChI=1S/C20H29N3O2/c1-14(2)10-11-17(20(3,4)5)22-18(24)13-23-19(25)16-9-7-6-8-15(16)12-21-23/h6-9,12,14,17H,10-11,13H2,1-5H3,(H,22,24)/t17-/m1/s1. The second kappa shape index (κ2) is 7.81. The molecule has 25 heavy (non-hydrogen) atoms. The Morgan fingerprint density at radius 2 is 1.88 bits per heavy atom. The fourth-order valence-corrected chi connectivity index (χ4v) is 2.84. The minimum Gasteiger partial charge on any atom is -0.351 e. The third-order valence-corrected chi connectivity index (χ3v) is 4.47. The molecule has 136 valence electrons. The summed E-state index contributed by atoms with van der Waals surface area (Å²) in [5, 5.41) is 8.60. The number of amides is 1. The summed E-state index contributed by atoms with van der Waals surface area (Å²) in [6.07, 6.45) is 3.60. The number of nitrogens with one attached hydrogen (secondary N) is 1. The molecule has 2 rings (SSSR count). The first-order valence-electron chi connectivity index (χ1n) is 8.92. The lowest BCUT2D eigenvalue weighted by Gasteiger charge is -2.32. The van der Waals surface area contributed by atoms with E-state index < -0.39 is 0 Å². The van der Waals surface area contributed by atoms with Crippen molar-refractivity contribution in [1.82, 2.24) is 15.1 Å². The van der Waals surface area contributed by atoms with Crippen molar-refractivity contribution in [1.29, 1.82) is 0 Å². The summed E-state index contributed by atoms with van der Waals surface area (Å²) < 4.78 is 1.24. The molecule has 0 saturated carbocycles. The SMILES string of the molecule is CC(C)CC[C@@H](NC(=O)Cn1ncc2ccccc2c1=O)C(C)(C)C. The highest BCUT2D eigenvalue weighted by molar-refractivity contribution is 5.81. The Kier molecular flexibility index (Phi) is 5.98. The first kappa shape index (κ1) is 19.2. The number of aromatic nitrogens is 2. The molecule has 0 aliphatic carbocycles. The molecule has 1 amide bonds. The summed E-state index contributed by atoms with van der Waals surface area (Å²) in [5.74, 6) is 0.417. The molecule has 0 bridgehead atoms. The Bertz CT molecular complexity index is 787. The third-order valence-electron chi connectivity index (χ3n) is 4.47. The second-order valence-electron chi connectivity index (χ2n) is 8.15. The van der Waals surface area contributed by atoms with Gasteiger partial charge in [-0.25, -0.2) is 4.68 Å². The lowest BCUT2D eigenvalue weighted by molar-refractivity contribution is -0.123. The van der Waals surface area contributed by atoms with Crippen molar-refractivity contribution in [3.05, 3.63) is 40.8 Å². The van der Waals surface area contributed by atoms with Gasteiger partial charge in [0, 0.05) is 11.4 Å². The van der Waals surface area contributed by atoms with Crippen LogP contribution in [0.4, 0.5) is 0 Å². The quantitative estimate of drug-likeness (QED) is 0.875. The molecule has 0 fully saturated rings. The average Bonchev–Trinajstić information content (AvgIpc) is 2.53. The topological polar surface area (TPSA) is 64.0 Å². The second-order valence-corrected chi connectivity index (χ2v) is 8.15. The summed E-state index contributed by atoms with van der Waals surface area (Å²) in [6, 6.07) is 7.35. The van der Waals surface area contributed by atoms with Gasteiger partial charge in [-0.2, -0.15) is 5.10 Å². The number of carbonyl (C=O) groups is 1. The van der Waals surface area contributed by atoms with Gasteiger partial charge < -0.3 is 5.32 Å². The van der Waals surface area contributed by atoms with E-state index in [4.69, 9.17) is 0 Å². The van der Waals surface area contributed by atoms with Crippen molar-refractivity contribution in [3.8, 4) is 0 Å². The van der Waals surface area contributed by atoms with Crippen molar-refractivity contribution in [3.63, 3.8) is 0 Å². The smallest absolute Gasteiger partial charge is 0.275 e. The van der Waals surface area contributed by atoms with Gasteiger partial charge in [-0.3, -0.25) is 9.59 Å². The zero-order chi connectivity index (χ0) is 18.6. The molecule has 1 atom stereocenters. The number of benzene rings is 1. The van der Waals surface area contributed by atoms with Crippen molar-refractivity contribution in [2.24, 2.45) is 11.3 Å². The third kappa shape index (κ3) is 5.15. The molecule has 1 heterocycles. The van der Waals surface area contributed by atoms with Gasteiger partial charge in [-0.1, -0.05) is 52.8 Å². The van der Waals surface area contributed by atoms with Crippen LogP contribution in [0.1, 0.15) is 47.5 Å². The predicted octanol–water partition coefficient (Wildman–Crippen LogP) is 3.36. The first-order chi connectivity index (χ1) is 11.7. The maximum atomic E-state index is 12.5. The van der Waals surface area contributed by atoms with Crippen molar-refractivity contribution in [2.75, 3.05) is 0 Å². The summed E-state index contributed by atoms with van der Waals surface area (Å²) in [5.41, 5.74) is -0.269. The molecule has 0 radical (unpaired) electrons. The Hall–Kier alpha value is -2.17. The van der Waals surface area contributed by atoms with Gasteiger partial charge in [0.05, 0.1) is 11.6 Å². The monoisotopic (exact) mass is 343 g/mol. The highest BCUT2D eigenvalue weighted by Gasteiger charge is 2.26. The molecule has 0 unspecified atom stereocenters. The molecule has 0 saturated heterocycles. The summed E-state index contributed by atoms with van der Waals surface area (Å²) >= 11 is 0. The molecular weight excluding hydrogens is 314 g/mol. The van der Waals surface area contributed by atoms with E-state index in [-0.39, 0.29) is 29.5 Å². The van der Waals surface area contributed by atoms with Crippen LogP contribution >= 0.6 is 0 Å². The highest BCUT2D eigenvalue weighted by atomic mass is 16.2. The van der Waals surface area contributed by atoms with Gasteiger partial charge in [-0.05, 0) is 30.2 Å². The largest absolute Gasteiger partial charge is 0.351 e. The van der Waals surface area contributed by atoms with E-state index in [2.05, 4.69) is 45.0 Å². The minimum absolute atomic E-state index is 0.0354. The van der Waals surface area contributed by atoms with Crippen molar-refractivity contribution < 1.29 is 4.79 Å². The molecule has 2 aromatic rings. The number of hydrogen-bond acceptors (Lipinski definition) is 3. The van der Waals surface area contributed by atoms with Crippen molar-refractivity contribution in [2.45, 2.75) is 60.0 Å². The van der Waals surface area contributed by atoms with Crippen LogP contribution in [0, 0.1) is 11.3 Å². The van der Waals surface area contributed by atoms with Crippen molar-refractivity contribution >= 4 is 16.7 Å². The molecule has 0 aliphatic heterocycles. The molecule has 0 spiro atoms. The average molecular weight is 343 g/mol. The van der Waals surface area contributed by atoms with E-state index >= 15 is 0 Å². The number of nitrogens with zero attached hydrogens (tertiary/aromatic N) is 2. The molecule has 1 N–H and O–H groups in total. The van der Waals surface area contributed by atoms with Crippen LogP contribution < -0.4 is 10.9 Å². The van der Waals surface area contributed by atoms with Crippen LogP contribution in [-0.2, 0) is 11.3 Å². The summed E-state index contributed by atoms with van der Waals surface area (Å²) in [6.45, 7) is 10.7. The molecule has 0 aliphatic rings. The lowest BCUT2D eigenvalue weighted by atomic mass is 9.83. The van der Waals surface area contributed by atoms with Gasteiger partial charge in [-0.15, -0.1) is 0 Å². The van der Waals surface area contributed by atoms with Crippen LogP contribution in [0.5, 0.6) is 0 Å². The zero-order valence-corrected chi connectivity index (χ0v) is 15.9. The van der Waals surface area contributed by atoms with E-state index in [1.807, 2.05) is 18.2 Å². The van der Waals surface area contributed by atoms with Gasteiger partial charge in [0.15, 0.2) is 0 Å². The van der Waals surface area contributed by atoms with Crippen LogP contribution in [0.15, 0.2) is 35.3 Å². The van der Waals surface area contributed by atoms with Gasteiger partial charge in [0.2, 0.25) is 5.91 Å². The Morgan fingerprint density at radius 1 is 1.20 bits per heavy atom. The Labute approximate surface area is 149 Å². The number of fused-ring (bicyclic) bond motifs is 1. The van der Waals surface area contributed by atoms with E-state index in [0.29, 0.717) is 11.3 Å². The number of hydrogen-bond donors (Lipinski definition) is 1. The number of rotatable bonds is 6. The van der Waals surface area contributed by atoms with Crippen LogP contribution in [-0.4, -0.2) is 21.7 Å². The van der Waals surface area contributed by atoms with E-state index in [9.17, 15) is 9.59 Å². The van der Waals surface area contributed by atoms with Gasteiger partial charge in [0.1, 0.15) is 6.54 Å². The maximum absolute atomic E-state index is 12.5. The fourth-order valence-electron chi connectivity index (χ4n) is 2.84. The molecule has 1 aromatic heterocycles. The first-order valence-corrected chi connectivity index (χ1v) is 8.92. The normalized spacial score (nSPS) is 13.2. The van der Waals surface area contributed by atoms with Crippen LogP contribution in [0.3, 0.4) is 0 Å². The predicted molar refractivity (Wildman–Crippen MR) is 101 cm³/mol. The van der Waals surface area contributed by atoms with E-state index in [1.54, 1.807) is 12.3 Å². The van der Waals surface area contributed by atoms with Crippen LogP contribution in [0.25, 0.3) is 10.8 Å². The molecule has 5 heteroatoms. The fraction of sp³-hybridized carbons (Fsp3) is 0.550. The van der Waals surface area contributed by atoms with Gasteiger partial charge >= 0.3 is 0 Å². The summed E-state index contributed by atoms with van der Waals surface area (Å²) in [7, 11) is 0. The highest BCUT2D eigenvalue weighted by Crippen LogP contribution is 2.24. The summed E-state index contributed by atoms with van der Waals surface area (Å²) in [4.78, 5) is 25.0. The van der Waals surface area contributed by atoms with Gasteiger partial charge in [0.25, 0.3) is 5.56 Å². The van der Waals surface area contributed by atoms with E-state index in [1.165, 1.54) is 4.68 Å². The zero-order valence-electron chi connectivity index (χ0n) is 15.9. The Balaban J connectivity index is 2.13. The Morgan fingerprint density at radius 3 is 2.52 bits per heavy atom. The van der Waals surface area contributed by atoms with E-state index in [0.717, 1.165) is 18.2 Å². The van der Waals surface area contributed by atoms with Crippen LogP contribution in [0.2, 0.25) is 0 Å². The maximum Gasteiger partial charge on any atom is 0.275 e.